The van der Waals surface area contributed by atoms with Gasteiger partial charge in [0.15, 0.2) is 5.65 Å². The van der Waals surface area contributed by atoms with E-state index >= 15 is 0 Å². The number of rotatable bonds is 2. The van der Waals surface area contributed by atoms with Gasteiger partial charge in [0.05, 0.1) is 11.3 Å². The molecule has 0 spiro atoms. The third kappa shape index (κ3) is 3.61. The van der Waals surface area contributed by atoms with E-state index in [0.29, 0.717) is 5.56 Å². The van der Waals surface area contributed by atoms with E-state index in [4.69, 9.17) is 0 Å². The van der Waals surface area contributed by atoms with Gasteiger partial charge in [0.25, 0.3) is 5.91 Å². The first-order valence-corrected chi connectivity index (χ1v) is 7.76. The van der Waals surface area contributed by atoms with Crippen molar-refractivity contribution < 1.29 is 4.79 Å². The summed E-state index contributed by atoms with van der Waals surface area (Å²) in [5, 5.41) is 7.20. The fourth-order valence-corrected chi connectivity index (χ4v) is 2.29. The van der Waals surface area contributed by atoms with Crippen molar-refractivity contribution in [3.8, 4) is 11.8 Å². The number of hydrogen-bond acceptors (Lipinski definition) is 3. The Morgan fingerprint density at radius 3 is 2.79 bits per heavy atom. The lowest BCUT2D eigenvalue weighted by Crippen LogP contribution is -2.30. The van der Waals surface area contributed by atoms with E-state index in [1.165, 1.54) is 0 Å². The number of hydrogen-bond donors (Lipinski definition) is 1. The molecule has 0 bridgehead atoms. The van der Waals surface area contributed by atoms with Crippen LogP contribution in [0.1, 0.15) is 41.0 Å². The van der Waals surface area contributed by atoms with Gasteiger partial charge in [-0.05, 0) is 39.0 Å². The van der Waals surface area contributed by atoms with Crippen LogP contribution < -0.4 is 5.32 Å². The molecule has 0 unspecified atom stereocenters. The second-order valence-electron chi connectivity index (χ2n) is 5.89. The minimum absolute atomic E-state index is 0.0937. The minimum Gasteiger partial charge on any atom is -0.350 e. The fourth-order valence-electron chi connectivity index (χ4n) is 2.29. The largest absolute Gasteiger partial charge is 0.350 e. The lowest BCUT2D eigenvalue weighted by atomic mass is 10.1. The lowest BCUT2D eigenvalue weighted by molar-refractivity contribution is 0.0943. The monoisotopic (exact) mass is 318 g/mol. The van der Waals surface area contributed by atoms with Crippen molar-refractivity contribution in [2.24, 2.45) is 0 Å². The Balaban J connectivity index is 1.85. The van der Waals surface area contributed by atoms with Gasteiger partial charge in [-0.25, -0.2) is 9.50 Å². The molecular formula is C19H18N4O. The highest BCUT2D eigenvalue weighted by Crippen LogP contribution is 2.07. The summed E-state index contributed by atoms with van der Waals surface area (Å²) in [5.41, 5.74) is 3.86. The molecule has 120 valence electrons. The molecule has 5 heteroatoms. The molecule has 1 N–H and O–H groups in total. The van der Waals surface area contributed by atoms with Gasteiger partial charge in [-0.1, -0.05) is 17.9 Å². The number of benzene rings is 1. The molecule has 3 aromatic rings. The van der Waals surface area contributed by atoms with E-state index < -0.39 is 0 Å². The number of amides is 1. The van der Waals surface area contributed by atoms with Gasteiger partial charge in [-0.2, -0.15) is 5.10 Å². The van der Waals surface area contributed by atoms with Crippen LogP contribution in [0.3, 0.4) is 0 Å². The Hall–Kier alpha value is -3.13. The van der Waals surface area contributed by atoms with Crippen LogP contribution in [-0.2, 0) is 0 Å². The maximum Gasteiger partial charge on any atom is 0.251 e. The number of carbonyl (C=O) groups excluding carboxylic acids is 1. The topological polar surface area (TPSA) is 59.3 Å². The zero-order valence-corrected chi connectivity index (χ0v) is 13.9. The molecule has 0 aliphatic heterocycles. The molecule has 0 fully saturated rings. The van der Waals surface area contributed by atoms with Crippen LogP contribution in [0.5, 0.6) is 0 Å². The molecule has 24 heavy (non-hydrogen) atoms. The van der Waals surface area contributed by atoms with Crippen LogP contribution >= 0.6 is 0 Å². The summed E-state index contributed by atoms with van der Waals surface area (Å²) in [4.78, 5) is 16.4. The van der Waals surface area contributed by atoms with Crippen molar-refractivity contribution in [2.75, 3.05) is 0 Å². The molecule has 0 aliphatic rings. The van der Waals surface area contributed by atoms with Gasteiger partial charge >= 0.3 is 0 Å². The van der Waals surface area contributed by atoms with Crippen LogP contribution in [0.4, 0.5) is 0 Å². The van der Waals surface area contributed by atoms with E-state index in [1.807, 2.05) is 45.2 Å². The summed E-state index contributed by atoms with van der Waals surface area (Å²) in [6, 6.07) is 9.29. The highest BCUT2D eigenvalue weighted by molar-refractivity contribution is 5.94. The van der Waals surface area contributed by atoms with E-state index in [-0.39, 0.29) is 11.9 Å². The molecule has 2 aromatic heterocycles. The van der Waals surface area contributed by atoms with Crippen LogP contribution in [0.2, 0.25) is 0 Å². The highest BCUT2D eigenvalue weighted by atomic mass is 16.1. The molecule has 0 saturated heterocycles. The Morgan fingerprint density at radius 2 is 2.00 bits per heavy atom. The molecule has 3 rings (SSSR count). The number of aryl methyl sites for hydroxylation is 1. The van der Waals surface area contributed by atoms with E-state index in [0.717, 1.165) is 22.5 Å². The molecule has 2 heterocycles. The van der Waals surface area contributed by atoms with E-state index in [1.54, 1.807) is 22.8 Å². The molecule has 1 aromatic carbocycles. The van der Waals surface area contributed by atoms with Crippen molar-refractivity contribution in [3.63, 3.8) is 0 Å². The predicted molar refractivity (Wildman–Crippen MR) is 92.7 cm³/mol. The SMILES string of the molecule is Cc1cc2ncc(C#Cc3cccc(C(=O)NC(C)C)c3)cn2n1. The third-order valence-corrected chi connectivity index (χ3v) is 3.33. The molecule has 1 amide bonds. The first-order chi connectivity index (χ1) is 11.5. The third-order valence-electron chi connectivity index (χ3n) is 3.33. The zero-order chi connectivity index (χ0) is 17.1. The maximum atomic E-state index is 12.0. The fraction of sp³-hybridized carbons (Fsp3) is 0.211. The molecule has 0 atom stereocenters. The van der Waals surface area contributed by atoms with Gasteiger partial charge in [0.1, 0.15) is 0 Å². The summed E-state index contributed by atoms with van der Waals surface area (Å²) in [7, 11) is 0. The van der Waals surface area contributed by atoms with E-state index in [9.17, 15) is 4.79 Å². The number of aromatic nitrogens is 3. The van der Waals surface area contributed by atoms with Gasteiger partial charge in [-0.3, -0.25) is 4.79 Å². The maximum absolute atomic E-state index is 12.0. The smallest absolute Gasteiger partial charge is 0.251 e. The molecule has 0 radical (unpaired) electrons. The number of carbonyl (C=O) groups is 1. The summed E-state index contributed by atoms with van der Waals surface area (Å²) >= 11 is 0. The number of nitrogens with zero attached hydrogens (tertiary/aromatic N) is 3. The highest BCUT2D eigenvalue weighted by Gasteiger charge is 2.06. The van der Waals surface area contributed by atoms with Crippen molar-refractivity contribution in [3.05, 3.63) is 65.1 Å². The van der Waals surface area contributed by atoms with Gasteiger partial charge in [0.2, 0.25) is 0 Å². The van der Waals surface area contributed by atoms with E-state index in [2.05, 4.69) is 27.2 Å². The normalized spacial score (nSPS) is 10.5. The Morgan fingerprint density at radius 1 is 1.21 bits per heavy atom. The van der Waals surface area contributed by atoms with Crippen molar-refractivity contribution in [1.82, 2.24) is 19.9 Å². The predicted octanol–water partition coefficient (Wildman–Crippen LogP) is 2.58. The Kier molecular flexibility index (Phi) is 4.30. The average molecular weight is 318 g/mol. The number of nitrogens with one attached hydrogen (secondary N) is 1. The zero-order valence-electron chi connectivity index (χ0n) is 13.9. The van der Waals surface area contributed by atoms with Gasteiger partial charge in [0, 0.05) is 35.6 Å². The van der Waals surface area contributed by atoms with Crippen LogP contribution in [0, 0.1) is 18.8 Å². The summed E-state index contributed by atoms with van der Waals surface area (Å²) in [6.45, 7) is 5.79. The summed E-state index contributed by atoms with van der Waals surface area (Å²) in [6.07, 6.45) is 3.57. The molecule has 0 aliphatic carbocycles. The Bertz CT molecular complexity index is 960. The van der Waals surface area contributed by atoms with Gasteiger partial charge in [-0.15, -0.1) is 0 Å². The van der Waals surface area contributed by atoms with Crippen LogP contribution in [0.25, 0.3) is 5.65 Å². The molecular weight excluding hydrogens is 300 g/mol. The minimum atomic E-state index is -0.0937. The van der Waals surface area contributed by atoms with Crippen LogP contribution in [-0.4, -0.2) is 26.5 Å². The summed E-state index contributed by atoms with van der Waals surface area (Å²) in [5.74, 6) is 6.04. The molecule has 0 saturated carbocycles. The first kappa shape index (κ1) is 15.8. The first-order valence-electron chi connectivity index (χ1n) is 7.76. The Labute approximate surface area is 140 Å². The average Bonchev–Trinajstić information content (AvgIpc) is 2.92. The quantitative estimate of drug-likeness (QED) is 0.739. The van der Waals surface area contributed by atoms with Gasteiger partial charge < -0.3 is 5.32 Å². The van der Waals surface area contributed by atoms with Crippen molar-refractivity contribution >= 4 is 11.6 Å². The van der Waals surface area contributed by atoms with Crippen molar-refractivity contribution in [1.29, 1.82) is 0 Å². The van der Waals surface area contributed by atoms with Crippen molar-refractivity contribution in [2.45, 2.75) is 26.8 Å². The summed E-state index contributed by atoms with van der Waals surface area (Å²) < 4.78 is 1.71. The second-order valence-corrected chi connectivity index (χ2v) is 5.89. The molecule has 5 nitrogen and oxygen atoms in total. The standard InChI is InChI=1S/C19H18N4O/c1-13(2)21-19(24)17-6-4-5-15(10-17)7-8-16-11-20-18-9-14(3)22-23(18)12-16/h4-6,9-13H,1-3H3,(H,21,24). The lowest BCUT2D eigenvalue weighted by Gasteiger charge is -2.08. The second kappa shape index (κ2) is 6.55. The number of fused-ring (bicyclic) bond motifs is 1. The van der Waals surface area contributed by atoms with Crippen LogP contribution in [0.15, 0.2) is 42.7 Å².